The number of aliphatic hydroxyl groups excluding tert-OH is 1. The van der Waals surface area contributed by atoms with Crippen molar-refractivity contribution in [2.24, 2.45) is 0 Å². The van der Waals surface area contributed by atoms with E-state index < -0.39 is 23.8 Å². The third kappa shape index (κ3) is 2.25. The van der Waals surface area contributed by atoms with E-state index in [1.54, 1.807) is 18.5 Å². The van der Waals surface area contributed by atoms with Gasteiger partial charge in [-0.2, -0.15) is 0 Å². The second-order valence-electron chi connectivity index (χ2n) is 5.50. The second kappa shape index (κ2) is 4.71. The van der Waals surface area contributed by atoms with E-state index in [0.717, 1.165) is 18.4 Å². The maximum atomic E-state index is 11.2. The second-order valence-corrected chi connectivity index (χ2v) is 5.50. The Balaban J connectivity index is 1.86. The largest absolute Gasteiger partial charge is 0.460 e. The van der Waals surface area contributed by atoms with Crippen LogP contribution in [0.2, 0.25) is 0 Å². The van der Waals surface area contributed by atoms with Crippen LogP contribution in [0.1, 0.15) is 37.9 Å². The molecule has 6 nitrogen and oxygen atoms in total. The number of rotatable bonds is 2. The van der Waals surface area contributed by atoms with Crippen LogP contribution in [0, 0.1) is 0 Å². The predicted octanol–water partition coefficient (Wildman–Crippen LogP) is 0.950. The summed E-state index contributed by atoms with van der Waals surface area (Å²) in [7, 11) is 0. The number of aromatic nitrogens is 1. The van der Waals surface area contributed by atoms with E-state index in [0.29, 0.717) is 12.1 Å². The molecule has 6 heteroatoms. The molecule has 0 radical (unpaired) electrons. The number of pyridine rings is 1. The minimum Gasteiger partial charge on any atom is -0.460 e. The average Bonchev–Trinajstić information content (AvgIpc) is 3.16. The summed E-state index contributed by atoms with van der Waals surface area (Å²) in [6.07, 6.45) is 3.56. The number of nitrogens with zero attached hydrogens (tertiary/aromatic N) is 1. The molecule has 108 valence electrons. The molecule has 0 bridgehead atoms. The number of esters is 1. The van der Waals surface area contributed by atoms with Crippen molar-refractivity contribution in [1.82, 2.24) is 4.98 Å². The van der Waals surface area contributed by atoms with Crippen molar-refractivity contribution >= 4 is 11.7 Å². The Bertz CT molecular complexity index is 530. The lowest BCUT2D eigenvalue weighted by atomic mass is 9.92. The van der Waals surface area contributed by atoms with Crippen LogP contribution in [0.3, 0.4) is 0 Å². The molecular weight excluding hydrogens is 260 g/mol. The molecule has 3 atom stereocenters. The van der Waals surface area contributed by atoms with E-state index in [2.05, 4.69) is 4.98 Å². The van der Waals surface area contributed by atoms with Crippen LogP contribution in [0.5, 0.6) is 0 Å². The van der Waals surface area contributed by atoms with Gasteiger partial charge in [0.25, 0.3) is 0 Å². The van der Waals surface area contributed by atoms with Crippen LogP contribution in [0.15, 0.2) is 18.5 Å². The summed E-state index contributed by atoms with van der Waals surface area (Å²) in [4.78, 5) is 15.1. The Kier molecular flexibility index (Phi) is 3.14. The van der Waals surface area contributed by atoms with Gasteiger partial charge in [0.05, 0.1) is 23.6 Å². The van der Waals surface area contributed by atoms with Crippen molar-refractivity contribution in [3.63, 3.8) is 0 Å². The van der Waals surface area contributed by atoms with Crippen molar-refractivity contribution in [1.29, 1.82) is 0 Å². The third-order valence-electron chi connectivity index (χ3n) is 4.01. The van der Waals surface area contributed by atoms with Crippen molar-refractivity contribution in [2.75, 3.05) is 5.73 Å². The highest BCUT2D eigenvalue weighted by Crippen LogP contribution is 2.52. The maximum Gasteiger partial charge on any atom is 0.302 e. The van der Waals surface area contributed by atoms with Crippen molar-refractivity contribution < 1.29 is 19.4 Å². The molecule has 1 aliphatic carbocycles. The topological polar surface area (TPSA) is 94.7 Å². The molecule has 1 aromatic rings. The fourth-order valence-electron chi connectivity index (χ4n) is 2.84. The summed E-state index contributed by atoms with van der Waals surface area (Å²) in [5.74, 6) is -0.395. The van der Waals surface area contributed by atoms with E-state index in [4.69, 9.17) is 15.2 Å². The van der Waals surface area contributed by atoms with Gasteiger partial charge in [-0.05, 0) is 18.9 Å². The highest BCUT2D eigenvalue weighted by Gasteiger charge is 2.58. The Hall–Kier alpha value is -1.66. The number of ether oxygens (including phenoxy) is 2. The van der Waals surface area contributed by atoms with Gasteiger partial charge in [0.15, 0.2) is 0 Å². The Morgan fingerprint density at radius 1 is 1.60 bits per heavy atom. The number of carbonyl (C=O) groups excluding carboxylic acids is 1. The average molecular weight is 278 g/mol. The third-order valence-corrected chi connectivity index (χ3v) is 4.01. The molecular formula is C14H18N2O4. The summed E-state index contributed by atoms with van der Waals surface area (Å²) in [6, 6.07) is 1.80. The fraction of sp³-hybridized carbons (Fsp3) is 0.571. The van der Waals surface area contributed by atoms with Gasteiger partial charge in [-0.25, -0.2) is 0 Å². The van der Waals surface area contributed by atoms with Gasteiger partial charge < -0.3 is 20.3 Å². The molecule has 0 amide bonds. The molecule has 1 aliphatic heterocycles. The van der Waals surface area contributed by atoms with E-state index in [-0.39, 0.29) is 6.10 Å². The lowest BCUT2D eigenvalue weighted by molar-refractivity contribution is -0.202. The molecule has 3 unspecified atom stereocenters. The Morgan fingerprint density at radius 2 is 2.35 bits per heavy atom. The number of nitrogens with two attached hydrogens (primary N) is 1. The van der Waals surface area contributed by atoms with E-state index in [1.165, 1.54) is 6.92 Å². The Labute approximate surface area is 116 Å². The number of anilines is 1. The van der Waals surface area contributed by atoms with Crippen LogP contribution in [0.4, 0.5) is 5.69 Å². The van der Waals surface area contributed by atoms with Crippen LogP contribution in [-0.2, 0) is 14.3 Å². The molecule has 1 spiro atoms. The van der Waals surface area contributed by atoms with Gasteiger partial charge >= 0.3 is 5.97 Å². The molecule has 1 aromatic heterocycles. The van der Waals surface area contributed by atoms with Gasteiger partial charge in [0, 0.05) is 25.1 Å². The normalized spacial score (nSPS) is 31.0. The number of aliphatic hydroxyl groups is 1. The highest BCUT2D eigenvalue weighted by molar-refractivity contribution is 5.66. The lowest BCUT2D eigenvalue weighted by Crippen LogP contribution is -2.49. The first-order chi connectivity index (χ1) is 9.52. The minimum atomic E-state index is -0.772. The maximum absolute atomic E-state index is 11.2. The SMILES string of the molecule is CC(=O)OC1CC(c2ccncc2N)OC2(CC2)C1O. The molecule has 20 heavy (non-hydrogen) atoms. The smallest absolute Gasteiger partial charge is 0.302 e. The van der Waals surface area contributed by atoms with Gasteiger partial charge in [0.2, 0.25) is 0 Å². The highest BCUT2D eigenvalue weighted by atomic mass is 16.6. The lowest BCUT2D eigenvalue weighted by Gasteiger charge is -2.39. The standard InChI is InChI=1S/C14H18N2O4/c1-8(17)19-12-6-11(9-2-5-16-7-10(9)15)20-14(3-4-14)13(12)18/h2,5,7,11-13,18H,3-4,6,15H2,1H3. The number of hydrogen-bond acceptors (Lipinski definition) is 6. The fourth-order valence-corrected chi connectivity index (χ4v) is 2.84. The van der Waals surface area contributed by atoms with Crippen molar-refractivity contribution in [2.45, 2.75) is 50.1 Å². The zero-order valence-corrected chi connectivity index (χ0v) is 11.3. The molecule has 2 heterocycles. The summed E-state index contributed by atoms with van der Waals surface area (Å²) < 4.78 is 11.3. The van der Waals surface area contributed by atoms with Crippen molar-refractivity contribution in [3.05, 3.63) is 24.0 Å². The quantitative estimate of drug-likeness (QED) is 0.782. The number of hydrogen-bond donors (Lipinski definition) is 2. The molecule has 3 N–H and O–H groups in total. The Morgan fingerprint density at radius 3 is 2.95 bits per heavy atom. The van der Waals surface area contributed by atoms with Crippen LogP contribution < -0.4 is 5.73 Å². The first-order valence-corrected chi connectivity index (χ1v) is 6.74. The molecule has 2 fully saturated rings. The van der Waals surface area contributed by atoms with Gasteiger partial charge in [0.1, 0.15) is 12.2 Å². The van der Waals surface area contributed by atoms with Gasteiger partial charge in [-0.3, -0.25) is 9.78 Å². The van der Waals surface area contributed by atoms with Gasteiger partial charge in [-0.15, -0.1) is 0 Å². The molecule has 1 saturated carbocycles. The van der Waals surface area contributed by atoms with E-state index in [9.17, 15) is 9.90 Å². The summed E-state index contributed by atoms with van der Waals surface area (Å²) >= 11 is 0. The van der Waals surface area contributed by atoms with Crippen molar-refractivity contribution in [3.8, 4) is 0 Å². The van der Waals surface area contributed by atoms with Crippen LogP contribution >= 0.6 is 0 Å². The van der Waals surface area contributed by atoms with Gasteiger partial charge in [-0.1, -0.05) is 0 Å². The van der Waals surface area contributed by atoms with Crippen LogP contribution in [-0.4, -0.2) is 33.9 Å². The number of nitrogen functional groups attached to an aromatic ring is 1. The monoisotopic (exact) mass is 278 g/mol. The van der Waals surface area contributed by atoms with E-state index >= 15 is 0 Å². The van der Waals surface area contributed by atoms with E-state index in [1.807, 2.05) is 0 Å². The summed E-state index contributed by atoms with van der Waals surface area (Å²) in [5, 5.41) is 10.3. The summed E-state index contributed by atoms with van der Waals surface area (Å²) in [5.41, 5.74) is 6.72. The minimum absolute atomic E-state index is 0.284. The first-order valence-electron chi connectivity index (χ1n) is 6.74. The van der Waals surface area contributed by atoms with Crippen LogP contribution in [0.25, 0.3) is 0 Å². The zero-order chi connectivity index (χ0) is 14.3. The molecule has 2 aliphatic rings. The molecule has 3 rings (SSSR count). The first kappa shape index (κ1) is 13.3. The zero-order valence-electron chi connectivity index (χ0n) is 11.3. The molecule has 0 aromatic carbocycles. The summed E-state index contributed by atoms with van der Waals surface area (Å²) in [6.45, 7) is 1.34. The predicted molar refractivity (Wildman–Crippen MR) is 70.6 cm³/mol. The number of carbonyl (C=O) groups is 1. The molecule has 1 saturated heterocycles.